The van der Waals surface area contributed by atoms with Gasteiger partial charge in [-0.3, -0.25) is 19.6 Å². The number of carboxylic acid groups (broad SMARTS) is 1. The van der Waals surface area contributed by atoms with Crippen LogP contribution in [0.3, 0.4) is 0 Å². The van der Waals surface area contributed by atoms with E-state index in [0.717, 1.165) is 28.0 Å². The fraction of sp³-hybridized carbons (Fsp3) is 0.188. The van der Waals surface area contributed by atoms with Crippen LogP contribution in [-0.4, -0.2) is 39.2 Å². The van der Waals surface area contributed by atoms with E-state index in [0.29, 0.717) is 28.6 Å². The maximum absolute atomic E-state index is 12.3. The number of hydrogen-bond donors (Lipinski definition) is 2. The molecular weight excluding hydrogens is 559 g/mol. The molecule has 0 radical (unpaired) electrons. The molecule has 0 spiro atoms. The van der Waals surface area contributed by atoms with Gasteiger partial charge in [-0.2, -0.15) is 5.10 Å². The van der Waals surface area contributed by atoms with Crippen LogP contribution in [0.1, 0.15) is 47.3 Å². The second-order valence-electron chi connectivity index (χ2n) is 9.40. The predicted molar refractivity (Wildman–Crippen MR) is 164 cm³/mol. The number of rotatable bonds is 11. The number of aliphatic carboxylic acids is 1. The number of allylic oxidation sites excluding steroid dienone is 6. The standard InChI is InChI=1S/C32H30Cl2N4O3/c1-2-27(33)19-28(34)11-12-29-20-30(25-9-7-23(8-10-25)24-13-16-35-17-14-24)38(37-29)21-22-3-5-26(6-4-22)32(41)36-18-15-31(39)40/h2-14,16-17,19,30H,15,18,20-21H2,1H3,(H,36,41)(H,39,40)/b12-11+,27-2+,28-19+. The van der Waals surface area contributed by atoms with E-state index >= 15 is 0 Å². The molecule has 7 nitrogen and oxygen atoms in total. The molecule has 0 saturated carbocycles. The van der Waals surface area contributed by atoms with Crippen molar-refractivity contribution in [1.82, 2.24) is 15.3 Å². The SMILES string of the molecule is C\C=C(Cl)/C=C(Cl)\C=C\C1=NN(Cc2ccc(C(=O)NCCC(=O)O)cc2)C(c2ccc(-c3ccncc3)cc2)C1. The number of nitrogens with one attached hydrogen (secondary N) is 1. The second-order valence-corrected chi connectivity index (χ2v) is 10.3. The van der Waals surface area contributed by atoms with Crippen LogP contribution in [0.15, 0.2) is 113 Å². The molecule has 41 heavy (non-hydrogen) atoms. The van der Waals surface area contributed by atoms with Gasteiger partial charge in [-0.1, -0.05) is 65.7 Å². The zero-order valence-corrected chi connectivity index (χ0v) is 24.0. The lowest BCUT2D eigenvalue weighted by atomic mass is 9.98. The van der Waals surface area contributed by atoms with Gasteiger partial charge in [0.2, 0.25) is 0 Å². The Kier molecular flexibility index (Phi) is 10.5. The van der Waals surface area contributed by atoms with Crippen LogP contribution in [-0.2, 0) is 11.3 Å². The molecule has 2 heterocycles. The summed E-state index contributed by atoms with van der Waals surface area (Å²) in [5.41, 5.74) is 5.67. The summed E-state index contributed by atoms with van der Waals surface area (Å²) in [6.07, 6.45) is 11.3. The van der Waals surface area contributed by atoms with E-state index in [1.54, 1.807) is 42.8 Å². The predicted octanol–water partition coefficient (Wildman–Crippen LogP) is 7.08. The molecule has 3 aromatic rings. The molecule has 0 bridgehead atoms. The average molecular weight is 590 g/mol. The van der Waals surface area contributed by atoms with Gasteiger partial charge in [-0.25, -0.2) is 0 Å². The average Bonchev–Trinajstić information content (AvgIpc) is 3.39. The zero-order chi connectivity index (χ0) is 29.2. The zero-order valence-electron chi connectivity index (χ0n) is 22.5. The molecule has 0 saturated heterocycles. The largest absolute Gasteiger partial charge is 0.481 e. The quantitative estimate of drug-likeness (QED) is 0.233. The highest BCUT2D eigenvalue weighted by molar-refractivity contribution is 6.35. The maximum atomic E-state index is 12.3. The lowest BCUT2D eigenvalue weighted by Gasteiger charge is -2.24. The van der Waals surface area contributed by atoms with E-state index < -0.39 is 5.97 Å². The summed E-state index contributed by atoms with van der Waals surface area (Å²) in [4.78, 5) is 27.1. The van der Waals surface area contributed by atoms with Gasteiger partial charge in [0.25, 0.3) is 5.91 Å². The number of carbonyl (C=O) groups excluding carboxylic acids is 1. The number of nitrogens with zero attached hydrogens (tertiary/aromatic N) is 3. The molecule has 1 amide bonds. The molecule has 4 rings (SSSR count). The molecule has 0 fully saturated rings. The fourth-order valence-electron chi connectivity index (χ4n) is 4.33. The Morgan fingerprint density at radius 3 is 2.34 bits per heavy atom. The van der Waals surface area contributed by atoms with Crippen molar-refractivity contribution in [2.45, 2.75) is 32.4 Å². The van der Waals surface area contributed by atoms with Crippen molar-refractivity contribution >= 4 is 40.8 Å². The van der Waals surface area contributed by atoms with Crippen molar-refractivity contribution in [1.29, 1.82) is 0 Å². The van der Waals surface area contributed by atoms with Crippen LogP contribution in [0.2, 0.25) is 0 Å². The highest BCUT2D eigenvalue weighted by Gasteiger charge is 2.27. The van der Waals surface area contributed by atoms with Crippen molar-refractivity contribution in [3.8, 4) is 11.1 Å². The van der Waals surface area contributed by atoms with Crippen molar-refractivity contribution in [2.24, 2.45) is 5.10 Å². The Hall–Kier alpha value is -4.20. The minimum Gasteiger partial charge on any atom is -0.481 e. The summed E-state index contributed by atoms with van der Waals surface area (Å²) in [5, 5.41) is 19.4. The van der Waals surface area contributed by atoms with Crippen LogP contribution >= 0.6 is 23.2 Å². The summed E-state index contributed by atoms with van der Waals surface area (Å²) >= 11 is 12.4. The summed E-state index contributed by atoms with van der Waals surface area (Å²) < 4.78 is 0. The third kappa shape index (κ3) is 8.64. The highest BCUT2D eigenvalue weighted by Crippen LogP contribution is 2.34. The second kappa shape index (κ2) is 14.4. The number of amides is 1. The minimum atomic E-state index is -0.956. The molecule has 1 aliphatic rings. The molecule has 1 unspecified atom stereocenters. The van der Waals surface area contributed by atoms with E-state index in [1.165, 1.54) is 0 Å². The van der Waals surface area contributed by atoms with E-state index in [1.807, 2.05) is 42.3 Å². The third-order valence-electron chi connectivity index (χ3n) is 6.50. The van der Waals surface area contributed by atoms with Gasteiger partial charge in [-0.05, 0) is 71.7 Å². The lowest BCUT2D eigenvalue weighted by molar-refractivity contribution is -0.136. The molecule has 210 valence electrons. The molecule has 2 N–H and O–H groups in total. The van der Waals surface area contributed by atoms with Gasteiger partial charge in [0.1, 0.15) is 0 Å². The number of hydrazone groups is 1. The normalized spacial score (nSPS) is 15.7. The van der Waals surface area contributed by atoms with E-state index in [2.05, 4.69) is 34.6 Å². The highest BCUT2D eigenvalue weighted by atomic mass is 35.5. The first kappa shape index (κ1) is 29.8. The van der Waals surface area contributed by atoms with Gasteiger partial charge >= 0.3 is 5.97 Å². The van der Waals surface area contributed by atoms with Gasteiger partial charge in [0, 0.05) is 41.0 Å². The number of hydrogen-bond acceptors (Lipinski definition) is 5. The Morgan fingerprint density at radius 2 is 1.68 bits per heavy atom. The Morgan fingerprint density at radius 1 is 1.00 bits per heavy atom. The van der Waals surface area contributed by atoms with Crippen LogP contribution in [0, 0.1) is 0 Å². The Balaban J connectivity index is 1.53. The topological polar surface area (TPSA) is 94.9 Å². The number of halogens is 2. The molecule has 1 aromatic heterocycles. The smallest absolute Gasteiger partial charge is 0.305 e. The number of aromatic nitrogens is 1. The van der Waals surface area contributed by atoms with Crippen LogP contribution in [0.25, 0.3) is 11.1 Å². The van der Waals surface area contributed by atoms with Gasteiger partial charge in [0.15, 0.2) is 0 Å². The van der Waals surface area contributed by atoms with Crippen LogP contribution in [0.5, 0.6) is 0 Å². The molecule has 2 aromatic carbocycles. The summed E-state index contributed by atoms with van der Waals surface area (Å²) in [6.45, 7) is 2.45. The number of carbonyl (C=O) groups is 2. The Labute approximate surface area is 249 Å². The van der Waals surface area contributed by atoms with Crippen LogP contribution < -0.4 is 5.32 Å². The first-order valence-electron chi connectivity index (χ1n) is 13.1. The molecule has 9 heteroatoms. The number of pyridine rings is 1. The van der Waals surface area contributed by atoms with Crippen LogP contribution in [0.4, 0.5) is 0 Å². The third-order valence-corrected chi connectivity index (χ3v) is 7.06. The Bertz CT molecular complexity index is 1480. The summed E-state index contributed by atoms with van der Waals surface area (Å²) in [6, 6.07) is 19.7. The summed E-state index contributed by atoms with van der Waals surface area (Å²) in [7, 11) is 0. The van der Waals surface area contributed by atoms with E-state index in [9.17, 15) is 9.59 Å². The number of benzene rings is 2. The van der Waals surface area contributed by atoms with E-state index in [4.69, 9.17) is 33.4 Å². The van der Waals surface area contributed by atoms with Crippen molar-refractivity contribution < 1.29 is 14.7 Å². The summed E-state index contributed by atoms with van der Waals surface area (Å²) in [5.74, 6) is -1.26. The van der Waals surface area contributed by atoms with Gasteiger partial charge in [-0.15, -0.1) is 0 Å². The minimum absolute atomic E-state index is 0.00187. The first-order chi connectivity index (χ1) is 19.8. The van der Waals surface area contributed by atoms with Crippen molar-refractivity contribution in [3.63, 3.8) is 0 Å². The molecule has 1 aliphatic heterocycles. The van der Waals surface area contributed by atoms with E-state index in [-0.39, 0.29) is 24.9 Å². The lowest BCUT2D eigenvalue weighted by Crippen LogP contribution is -2.26. The van der Waals surface area contributed by atoms with Gasteiger partial charge < -0.3 is 10.4 Å². The van der Waals surface area contributed by atoms with Crippen molar-refractivity contribution in [3.05, 3.63) is 124 Å². The first-order valence-corrected chi connectivity index (χ1v) is 13.9. The molecular formula is C32H30Cl2N4O3. The number of carboxylic acids is 1. The monoisotopic (exact) mass is 588 g/mol. The molecule has 1 atom stereocenters. The fourth-order valence-corrected chi connectivity index (χ4v) is 4.68. The maximum Gasteiger partial charge on any atom is 0.305 e. The molecule has 0 aliphatic carbocycles. The van der Waals surface area contributed by atoms with Crippen molar-refractivity contribution in [2.75, 3.05) is 6.54 Å². The van der Waals surface area contributed by atoms with Gasteiger partial charge in [0.05, 0.1) is 24.7 Å².